The first kappa shape index (κ1) is 16.7. The molecule has 1 aromatic carbocycles. The Hall–Kier alpha value is -2.16. The van der Waals surface area contributed by atoms with E-state index in [1.165, 1.54) is 11.3 Å². The Labute approximate surface area is 141 Å². The molecule has 0 bridgehead atoms. The topological polar surface area (TPSA) is 59.1 Å². The summed E-state index contributed by atoms with van der Waals surface area (Å²) in [6.07, 6.45) is 1.57. The molecule has 3 aromatic rings. The minimum atomic E-state index is -4.16. The van der Waals surface area contributed by atoms with Crippen LogP contribution in [0.15, 0.2) is 58.3 Å². The van der Waals surface area contributed by atoms with Gasteiger partial charge in [-0.05, 0) is 47.3 Å². The van der Waals surface area contributed by atoms with E-state index in [1.54, 1.807) is 18.3 Å². The molecule has 0 fully saturated rings. The van der Waals surface area contributed by atoms with Crippen molar-refractivity contribution in [1.29, 1.82) is 0 Å². The molecule has 0 atom stereocenters. The average Bonchev–Trinajstić information content (AvgIpc) is 3.10. The fraction of sp³-hybridized carbons (Fsp3) is 0.0625. The van der Waals surface area contributed by atoms with Crippen LogP contribution in [0, 0.1) is 11.6 Å². The minimum absolute atomic E-state index is 0.0576. The van der Waals surface area contributed by atoms with Crippen LogP contribution < -0.4 is 4.72 Å². The predicted molar refractivity (Wildman–Crippen MR) is 87.9 cm³/mol. The third-order valence-corrected chi connectivity index (χ3v) is 5.39. The third kappa shape index (κ3) is 3.66. The molecular weight excluding hydrogens is 354 g/mol. The van der Waals surface area contributed by atoms with E-state index in [0.717, 1.165) is 17.7 Å². The van der Waals surface area contributed by atoms with Crippen LogP contribution in [0.5, 0.6) is 0 Å². The summed E-state index contributed by atoms with van der Waals surface area (Å²) in [5, 5.41) is 3.84. The maximum absolute atomic E-state index is 13.6. The molecule has 1 N–H and O–H groups in total. The quantitative estimate of drug-likeness (QED) is 0.751. The molecule has 0 spiro atoms. The summed E-state index contributed by atoms with van der Waals surface area (Å²) >= 11 is 1.53. The Morgan fingerprint density at radius 3 is 2.71 bits per heavy atom. The van der Waals surface area contributed by atoms with Gasteiger partial charge in [-0.1, -0.05) is 0 Å². The fourth-order valence-corrected chi connectivity index (χ4v) is 3.85. The van der Waals surface area contributed by atoms with E-state index in [4.69, 9.17) is 0 Å². The molecule has 3 rings (SSSR count). The lowest BCUT2D eigenvalue weighted by Gasteiger charge is -2.08. The van der Waals surface area contributed by atoms with E-state index in [9.17, 15) is 17.2 Å². The van der Waals surface area contributed by atoms with Crippen molar-refractivity contribution < 1.29 is 17.2 Å². The first-order valence-electron chi connectivity index (χ1n) is 6.88. The molecule has 0 aliphatic carbocycles. The first-order chi connectivity index (χ1) is 11.5. The number of sulfonamides is 1. The van der Waals surface area contributed by atoms with Crippen LogP contribution in [-0.4, -0.2) is 13.4 Å². The Bertz CT molecular complexity index is 958. The maximum Gasteiger partial charge on any atom is 0.243 e. The molecule has 2 aromatic heterocycles. The predicted octanol–water partition coefficient (Wildman–Crippen LogP) is 3.57. The van der Waals surface area contributed by atoms with Crippen LogP contribution in [0.4, 0.5) is 8.78 Å². The van der Waals surface area contributed by atoms with Crippen molar-refractivity contribution >= 4 is 21.4 Å². The number of hydrogen-bond acceptors (Lipinski definition) is 4. The van der Waals surface area contributed by atoms with E-state index in [-0.39, 0.29) is 6.54 Å². The molecule has 4 nitrogen and oxygen atoms in total. The van der Waals surface area contributed by atoms with Crippen LogP contribution in [0.2, 0.25) is 0 Å². The van der Waals surface area contributed by atoms with Gasteiger partial charge in [-0.25, -0.2) is 21.9 Å². The second-order valence-electron chi connectivity index (χ2n) is 4.96. The van der Waals surface area contributed by atoms with Gasteiger partial charge in [0.25, 0.3) is 0 Å². The zero-order chi connectivity index (χ0) is 17.2. The van der Waals surface area contributed by atoms with Crippen molar-refractivity contribution in [3.8, 4) is 11.3 Å². The summed E-state index contributed by atoms with van der Waals surface area (Å²) < 4.78 is 53.4. The maximum atomic E-state index is 13.6. The normalized spacial score (nSPS) is 11.6. The SMILES string of the molecule is O=S(=O)(NCc1ccnc(-c2ccsc2)c1)c1cc(F)ccc1F. The lowest BCUT2D eigenvalue weighted by molar-refractivity contribution is 0.545. The Morgan fingerprint density at radius 1 is 1.12 bits per heavy atom. The molecule has 2 heterocycles. The van der Waals surface area contributed by atoms with Gasteiger partial charge in [-0.15, -0.1) is 0 Å². The number of benzene rings is 1. The number of aromatic nitrogens is 1. The Morgan fingerprint density at radius 2 is 1.96 bits per heavy atom. The molecule has 8 heteroatoms. The van der Waals surface area contributed by atoms with E-state index >= 15 is 0 Å². The number of halogens is 2. The number of rotatable bonds is 5. The highest BCUT2D eigenvalue weighted by atomic mass is 32.2. The molecule has 0 unspecified atom stereocenters. The van der Waals surface area contributed by atoms with Crippen molar-refractivity contribution in [1.82, 2.24) is 9.71 Å². The van der Waals surface area contributed by atoms with Crippen LogP contribution in [0.1, 0.15) is 5.56 Å². The van der Waals surface area contributed by atoms with Gasteiger partial charge in [0.05, 0.1) is 5.69 Å². The monoisotopic (exact) mass is 366 g/mol. The molecule has 0 amide bonds. The van der Waals surface area contributed by atoms with Crippen molar-refractivity contribution in [2.24, 2.45) is 0 Å². The summed E-state index contributed by atoms with van der Waals surface area (Å²) in [6.45, 7) is -0.0576. The van der Waals surface area contributed by atoms with Gasteiger partial charge in [0, 0.05) is 23.7 Å². The summed E-state index contributed by atoms with van der Waals surface area (Å²) in [7, 11) is -4.16. The number of nitrogens with one attached hydrogen (secondary N) is 1. The zero-order valence-corrected chi connectivity index (χ0v) is 13.9. The Kier molecular flexibility index (Phi) is 4.70. The van der Waals surface area contributed by atoms with Gasteiger partial charge in [-0.2, -0.15) is 11.3 Å². The summed E-state index contributed by atoms with van der Waals surface area (Å²) in [5.74, 6) is -1.82. The molecule has 124 valence electrons. The van der Waals surface area contributed by atoms with E-state index < -0.39 is 26.6 Å². The highest BCUT2D eigenvalue weighted by Crippen LogP contribution is 2.21. The second-order valence-corrected chi connectivity index (χ2v) is 7.48. The number of thiophene rings is 1. The van der Waals surface area contributed by atoms with Crippen LogP contribution >= 0.6 is 11.3 Å². The number of nitrogens with zero attached hydrogens (tertiary/aromatic N) is 1. The lowest BCUT2D eigenvalue weighted by Crippen LogP contribution is -2.24. The standard InChI is InChI=1S/C16H12F2N2O2S2/c17-13-1-2-14(18)16(8-13)24(21,22)20-9-11-3-5-19-15(7-11)12-4-6-23-10-12/h1-8,10,20H,9H2. The molecule has 0 saturated carbocycles. The fourth-order valence-electron chi connectivity index (χ4n) is 2.09. The van der Waals surface area contributed by atoms with Gasteiger partial charge < -0.3 is 0 Å². The van der Waals surface area contributed by atoms with Crippen molar-refractivity contribution in [2.75, 3.05) is 0 Å². The number of pyridine rings is 1. The van der Waals surface area contributed by atoms with Crippen LogP contribution in [0.25, 0.3) is 11.3 Å². The van der Waals surface area contributed by atoms with Crippen LogP contribution in [-0.2, 0) is 16.6 Å². The molecule has 0 radical (unpaired) electrons. The van der Waals surface area contributed by atoms with Crippen molar-refractivity contribution in [3.05, 3.63) is 70.6 Å². The average molecular weight is 366 g/mol. The molecule has 24 heavy (non-hydrogen) atoms. The third-order valence-electron chi connectivity index (χ3n) is 3.29. The van der Waals surface area contributed by atoms with Crippen molar-refractivity contribution in [3.63, 3.8) is 0 Å². The number of hydrogen-bond donors (Lipinski definition) is 1. The van der Waals surface area contributed by atoms with Gasteiger partial charge in [-0.3, -0.25) is 4.98 Å². The lowest BCUT2D eigenvalue weighted by atomic mass is 10.1. The van der Waals surface area contributed by atoms with Gasteiger partial charge in [0.15, 0.2) is 0 Å². The highest BCUT2D eigenvalue weighted by molar-refractivity contribution is 7.89. The van der Waals surface area contributed by atoms with Crippen molar-refractivity contribution in [2.45, 2.75) is 11.4 Å². The second kappa shape index (κ2) is 6.76. The smallest absolute Gasteiger partial charge is 0.243 e. The minimum Gasteiger partial charge on any atom is -0.256 e. The molecule has 0 saturated heterocycles. The first-order valence-corrected chi connectivity index (χ1v) is 9.30. The zero-order valence-electron chi connectivity index (χ0n) is 12.2. The molecule has 0 aliphatic heterocycles. The largest absolute Gasteiger partial charge is 0.256 e. The van der Waals surface area contributed by atoms with Crippen LogP contribution in [0.3, 0.4) is 0 Å². The van der Waals surface area contributed by atoms with E-state index in [0.29, 0.717) is 17.3 Å². The summed E-state index contributed by atoms with van der Waals surface area (Å²) in [4.78, 5) is 3.52. The summed E-state index contributed by atoms with van der Waals surface area (Å²) in [5.41, 5.74) is 2.30. The van der Waals surface area contributed by atoms with E-state index in [1.807, 2.05) is 16.8 Å². The van der Waals surface area contributed by atoms with Gasteiger partial charge >= 0.3 is 0 Å². The van der Waals surface area contributed by atoms with Gasteiger partial charge in [0.2, 0.25) is 10.0 Å². The van der Waals surface area contributed by atoms with E-state index in [2.05, 4.69) is 9.71 Å². The van der Waals surface area contributed by atoms with Gasteiger partial charge in [0.1, 0.15) is 16.5 Å². The molecular formula is C16H12F2N2O2S2. The molecule has 0 aliphatic rings. The Balaban J connectivity index is 1.80. The highest BCUT2D eigenvalue weighted by Gasteiger charge is 2.19. The summed E-state index contributed by atoms with van der Waals surface area (Å²) in [6, 6.07) is 7.60.